The number of benzene rings is 1. The molecule has 2 N–H and O–H groups in total. The van der Waals surface area contributed by atoms with E-state index < -0.39 is 17.4 Å². The molecule has 3 aromatic rings. The Morgan fingerprint density at radius 1 is 1.26 bits per heavy atom. The number of hydrogen-bond acceptors (Lipinski definition) is 4. The van der Waals surface area contributed by atoms with Crippen molar-refractivity contribution in [1.29, 1.82) is 0 Å². The molecule has 0 radical (unpaired) electrons. The predicted octanol–water partition coefficient (Wildman–Crippen LogP) is 3.42. The first-order valence-electron chi connectivity index (χ1n) is 9.86. The van der Waals surface area contributed by atoms with Gasteiger partial charge in [0.1, 0.15) is 5.82 Å². The highest BCUT2D eigenvalue weighted by Gasteiger charge is 2.32. The summed E-state index contributed by atoms with van der Waals surface area (Å²) in [7, 11) is 0. The fourth-order valence-corrected chi connectivity index (χ4v) is 3.61. The van der Waals surface area contributed by atoms with Gasteiger partial charge in [0.2, 0.25) is 0 Å². The summed E-state index contributed by atoms with van der Waals surface area (Å²) < 4.78 is 45.2. The molecule has 1 aromatic carbocycles. The molecule has 2 heterocycles. The van der Waals surface area contributed by atoms with Crippen LogP contribution in [0.2, 0.25) is 0 Å². The van der Waals surface area contributed by atoms with E-state index >= 15 is 0 Å². The molecular formula is C21H21F3N4O3. The first-order valence-corrected chi connectivity index (χ1v) is 9.86. The van der Waals surface area contributed by atoms with Crippen LogP contribution in [0, 0.1) is 0 Å². The molecule has 10 heteroatoms. The van der Waals surface area contributed by atoms with Gasteiger partial charge in [-0.1, -0.05) is 0 Å². The molecule has 0 saturated heterocycles. The van der Waals surface area contributed by atoms with Crippen LogP contribution >= 0.6 is 0 Å². The minimum Gasteiger partial charge on any atom is -0.375 e. The summed E-state index contributed by atoms with van der Waals surface area (Å²) in [5, 5.41) is 2.93. The van der Waals surface area contributed by atoms with E-state index in [9.17, 15) is 22.8 Å². The maximum Gasteiger partial charge on any atom is 0.417 e. The van der Waals surface area contributed by atoms with Crippen molar-refractivity contribution in [3.8, 4) is 5.82 Å². The van der Waals surface area contributed by atoms with Gasteiger partial charge < -0.3 is 15.0 Å². The van der Waals surface area contributed by atoms with Crippen LogP contribution in [-0.4, -0.2) is 38.7 Å². The summed E-state index contributed by atoms with van der Waals surface area (Å²) >= 11 is 0. The molecule has 4 rings (SSSR count). The Labute approximate surface area is 175 Å². The molecule has 164 valence electrons. The van der Waals surface area contributed by atoms with Crippen molar-refractivity contribution in [2.45, 2.75) is 51.1 Å². The number of imidazole rings is 1. The van der Waals surface area contributed by atoms with E-state index in [4.69, 9.17) is 4.74 Å². The molecule has 0 atom stereocenters. The van der Waals surface area contributed by atoms with E-state index in [0.29, 0.717) is 22.8 Å². The van der Waals surface area contributed by atoms with Crippen molar-refractivity contribution < 1.29 is 22.7 Å². The second-order valence-electron chi connectivity index (χ2n) is 7.85. The van der Waals surface area contributed by atoms with Gasteiger partial charge in [-0.15, -0.1) is 0 Å². The van der Waals surface area contributed by atoms with E-state index in [1.54, 1.807) is 12.1 Å². The molecule has 1 aliphatic rings. The van der Waals surface area contributed by atoms with Crippen molar-refractivity contribution in [3.63, 3.8) is 0 Å². The fourth-order valence-electron chi connectivity index (χ4n) is 3.61. The minimum absolute atomic E-state index is 0.0111. The van der Waals surface area contributed by atoms with Gasteiger partial charge in [-0.05, 0) is 57.0 Å². The average molecular weight is 434 g/mol. The summed E-state index contributed by atoms with van der Waals surface area (Å²) in [4.78, 5) is 31.4. The van der Waals surface area contributed by atoms with Gasteiger partial charge in [-0.2, -0.15) is 13.2 Å². The highest BCUT2D eigenvalue weighted by molar-refractivity contribution is 5.97. The third kappa shape index (κ3) is 4.34. The number of ether oxygens (including phenoxy) is 1. The van der Waals surface area contributed by atoms with E-state index in [1.165, 1.54) is 6.07 Å². The van der Waals surface area contributed by atoms with Crippen molar-refractivity contribution in [3.05, 3.63) is 58.1 Å². The second kappa shape index (κ2) is 7.84. The lowest BCUT2D eigenvalue weighted by atomic mass is 9.89. The van der Waals surface area contributed by atoms with Crippen LogP contribution in [0.3, 0.4) is 0 Å². The summed E-state index contributed by atoms with van der Waals surface area (Å²) in [6, 6.07) is 6.67. The molecule has 1 aliphatic carbocycles. The van der Waals surface area contributed by atoms with Gasteiger partial charge in [0.25, 0.3) is 5.91 Å². The number of carbonyl (C=O) groups excluding carboxylic acids is 1. The number of halogens is 3. The van der Waals surface area contributed by atoms with Crippen LogP contribution in [0.5, 0.6) is 0 Å². The van der Waals surface area contributed by atoms with E-state index in [1.807, 2.05) is 13.8 Å². The van der Waals surface area contributed by atoms with Crippen LogP contribution in [0.25, 0.3) is 16.9 Å². The normalized spacial score (nSPS) is 18.9. The Morgan fingerprint density at radius 2 is 2.00 bits per heavy atom. The van der Waals surface area contributed by atoms with Crippen molar-refractivity contribution in [2.75, 3.05) is 0 Å². The van der Waals surface area contributed by atoms with E-state index in [2.05, 4.69) is 15.3 Å². The van der Waals surface area contributed by atoms with Gasteiger partial charge in [-0.3, -0.25) is 4.79 Å². The van der Waals surface area contributed by atoms with Crippen LogP contribution in [0.4, 0.5) is 13.2 Å². The molecular weight excluding hydrogens is 413 g/mol. The maximum atomic E-state index is 12.8. The molecule has 0 bridgehead atoms. The number of carbonyl (C=O) groups is 1. The lowest BCUT2D eigenvalue weighted by Gasteiger charge is -2.36. The Bertz CT molecular complexity index is 1160. The first kappa shape index (κ1) is 21.1. The number of nitrogens with one attached hydrogen (secondary N) is 2. The van der Waals surface area contributed by atoms with Gasteiger partial charge in [0.05, 0.1) is 28.8 Å². The molecule has 0 unspecified atom stereocenters. The number of hydrogen-bond donors (Lipinski definition) is 2. The molecule has 1 amide bonds. The van der Waals surface area contributed by atoms with Gasteiger partial charge in [-0.25, -0.2) is 14.3 Å². The summed E-state index contributed by atoms with van der Waals surface area (Å²) in [5.41, 5.74) is -0.353. The maximum absolute atomic E-state index is 12.8. The minimum atomic E-state index is -4.53. The zero-order valence-corrected chi connectivity index (χ0v) is 16.9. The smallest absolute Gasteiger partial charge is 0.375 e. The molecule has 1 saturated carbocycles. The number of nitrogens with zero attached hydrogens (tertiary/aromatic N) is 2. The Kier molecular flexibility index (Phi) is 5.34. The Balaban J connectivity index is 1.57. The van der Waals surface area contributed by atoms with Crippen molar-refractivity contribution >= 4 is 16.9 Å². The van der Waals surface area contributed by atoms with Crippen LogP contribution in [-0.2, 0) is 10.9 Å². The standard InChI is InChI=1S/C21H21F3N4O3/c1-11(2)31-15-8-14(9-15)26-19(29)12-3-5-16-17(7-12)28(20(30)27-16)18-6-4-13(10-25-18)21(22,23)24/h3-7,10-11,14-15H,8-9H2,1-2H3,(H,26,29)(H,27,30). The number of H-pyrrole nitrogens is 1. The number of alkyl halides is 3. The zero-order chi connectivity index (χ0) is 22.3. The van der Waals surface area contributed by atoms with Crippen molar-refractivity contribution in [1.82, 2.24) is 19.9 Å². The predicted molar refractivity (Wildman–Crippen MR) is 107 cm³/mol. The largest absolute Gasteiger partial charge is 0.417 e. The number of fused-ring (bicyclic) bond motifs is 1. The zero-order valence-electron chi connectivity index (χ0n) is 16.9. The van der Waals surface area contributed by atoms with Crippen LogP contribution < -0.4 is 11.0 Å². The SMILES string of the molecule is CC(C)OC1CC(NC(=O)c2ccc3[nH]c(=O)n(-c4ccc(C(F)(F)F)cn4)c3c2)C1. The Morgan fingerprint density at radius 3 is 2.61 bits per heavy atom. The van der Waals surface area contributed by atoms with Gasteiger partial charge in [0, 0.05) is 17.8 Å². The highest BCUT2D eigenvalue weighted by atomic mass is 19.4. The van der Waals surface area contributed by atoms with E-state index in [0.717, 1.165) is 29.5 Å². The first-order chi connectivity index (χ1) is 14.6. The number of aromatic amines is 1. The summed E-state index contributed by atoms with van der Waals surface area (Å²) in [6.45, 7) is 3.92. The molecule has 7 nitrogen and oxygen atoms in total. The second-order valence-corrected chi connectivity index (χ2v) is 7.85. The third-order valence-electron chi connectivity index (χ3n) is 5.14. The quantitative estimate of drug-likeness (QED) is 0.644. The molecule has 31 heavy (non-hydrogen) atoms. The molecule has 0 spiro atoms. The van der Waals surface area contributed by atoms with Gasteiger partial charge in [0.15, 0.2) is 0 Å². The third-order valence-corrected chi connectivity index (χ3v) is 5.14. The average Bonchev–Trinajstić information content (AvgIpc) is 3.00. The summed E-state index contributed by atoms with van der Waals surface area (Å²) in [6.07, 6.45) is -2.12. The number of aromatic nitrogens is 3. The number of rotatable bonds is 5. The Hall–Kier alpha value is -3.14. The lowest BCUT2D eigenvalue weighted by molar-refractivity contribution is -0.137. The number of pyridine rings is 1. The van der Waals surface area contributed by atoms with Crippen LogP contribution in [0.15, 0.2) is 41.3 Å². The van der Waals surface area contributed by atoms with E-state index in [-0.39, 0.29) is 30.0 Å². The van der Waals surface area contributed by atoms with Crippen LogP contribution in [0.1, 0.15) is 42.6 Å². The van der Waals surface area contributed by atoms with Gasteiger partial charge >= 0.3 is 11.9 Å². The van der Waals surface area contributed by atoms with Crippen molar-refractivity contribution in [2.24, 2.45) is 0 Å². The topological polar surface area (TPSA) is 89.0 Å². The highest BCUT2D eigenvalue weighted by Crippen LogP contribution is 2.29. The molecule has 0 aliphatic heterocycles. The molecule has 2 aromatic heterocycles. The number of amides is 1. The fraction of sp³-hybridized carbons (Fsp3) is 0.381. The summed E-state index contributed by atoms with van der Waals surface area (Å²) in [5.74, 6) is -0.273. The lowest BCUT2D eigenvalue weighted by Crippen LogP contribution is -2.48. The monoisotopic (exact) mass is 434 g/mol. The molecule has 1 fully saturated rings.